The molecule has 0 aliphatic rings. The van der Waals surface area contributed by atoms with Crippen molar-refractivity contribution in [2.45, 2.75) is 27.2 Å². The fourth-order valence-electron chi connectivity index (χ4n) is 2.21. The number of carbonyl (C=O) groups is 1. The summed E-state index contributed by atoms with van der Waals surface area (Å²) >= 11 is 6.06. The maximum Gasteiger partial charge on any atom is 0.228 e. The second kappa shape index (κ2) is 6.06. The molecule has 4 heteroatoms. The van der Waals surface area contributed by atoms with Crippen LogP contribution in [-0.4, -0.2) is 10.9 Å². The number of anilines is 1. The summed E-state index contributed by atoms with van der Waals surface area (Å²) in [6, 6.07) is 9.32. The van der Waals surface area contributed by atoms with Crippen molar-refractivity contribution in [1.82, 2.24) is 4.98 Å². The summed E-state index contributed by atoms with van der Waals surface area (Å²) in [7, 11) is 0. The Hall–Kier alpha value is -1.87. The van der Waals surface area contributed by atoms with Crippen LogP contribution in [0.5, 0.6) is 0 Å². The first-order chi connectivity index (χ1) is 9.47. The monoisotopic (exact) mass is 288 g/mol. The summed E-state index contributed by atoms with van der Waals surface area (Å²) in [5.41, 5.74) is 4.40. The van der Waals surface area contributed by atoms with E-state index in [-0.39, 0.29) is 12.3 Å². The number of aryl methyl sites for hydroxylation is 3. The second-order valence-electron chi connectivity index (χ2n) is 4.86. The van der Waals surface area contributed by atoms with Gasteiger partial charge in [-0.2, -0.15) is 0 Å². The lowest BCUT2D eigenvalue weighted by Crippen LogP contribution is -2.17. The third kappa shape index (κ3) is 3.36. The van der Waals surface area contributed by atoms with Gasteiger partial charge in [0.05, 0.1) is 17.8 Å². The zero-order valence-corrected chi connectivity index (χ0v) is 12.6. The van der Waals surface area contributed by atoms with Crippen LogP contribution in [-0.2, 0) is 11.2 Å². The van der Waals surface area contributed by atoms with Crippen molar-refractivity contribution < 1.29 is 4.79 Å². The van der Waals surface area contributed by atoms with Gasteiger partial charge < -0.3 is 5.32 Å². The minimum Gasteiger partial charge on any atom is -0.324 e. The van der Waals surface area contributed by atoms with Crippen LogP contribution in [0.1, 0.15) is 22.5 Å². The highest BCUT2D eigenvalue weighted by Crippen LogP contribution is 2.20. The molecule has 0 saturated carbocycles. The molecule has 3 nitrogen and oxygen atoms in total. The number of aromatic nitrogens is 1. The maximum atomic E-state index is 12.1. The summed E-state index contributed by atoms with van der Waals surface area (Å²) in [6.07, 6.45) is 0.256. The van der Waals surface area contributed by atoms with Gasteiger partial charge in [-0.25, -0.2) is 0 Å². The standard InChI is InChI=1S/C16H17ClN2O/c1-10-8-11(2)18-12(3)16(10)19-15(20)9-13-6-4-5-7-14(13)17/h4-8H,9H2,1-3H3,(H,19,20). The molecule has 0 aliphatic heterocycles. The molecule has 2 aromatic rings. The van der Waals surface area contributed by atoms with E-state index < -0.39 is 0 Å². The topological polar surface area (TPSA) is 42.0 Å². The number of benzene rings is 1. The zero-order valence-electron chi connectivity index (χ0n) is 11.8. The first-order valence-corrected chi connectivity index (χ1v) is 6.83. The number of hydrogen-bond donors (Lipinski definition) is 1. The average Bonchev–Trinajstić information content (AvgIpc) is 2.36. The van der Waals surface area contributed by atoms with E-state index in [1.807, 2.05) is 45.0 Å². The fraction of sp³-hybridized carbons (Fsp3) is 0.250. The Labute approximate surface area is 124 Å². The van der Waals surface area contributed by atoms with Crippen LogP contribution in [0.4, 0.5) is 5.69 Å². The van der Waals surface area contributed by atoms with Crippen molar-refractivity contribution in [3.05, 3.63) is 57.9 Å². The molecule has 0 atom stereocenters. The lowest BCUT2D eigenvalue weighted by atomic mass is 10.1. The number of nitrogens with zero attached hydrogens (tertiary/aromatic N) is 1. The summed E-state index contributed by atoms with van der Waals surface area (Å²) < 4.78 is 0. The van der Waals surface area contributed by atoms with Gasteiger partial charge in [0, 0.05) is 10.7 Å². The molecular formula is C16H17ClN2O. The third-order valence-electron chi connectivity index (χ3n) is 3.10. The Balaban J connectivity index is 2.15. The summed E-state index contributed by atoms with van der Waals surface area (Å²) in [6.45, 7) is 5.80. The molecule has 1 aromatic carbocycles. The summed E-state index contributed by atoms with van der Waals surface area (Å²) in [5, 5.41) is 3.53. The van der Waals surface area contributed by atoms with E-state index in [1.165, 1.54) is 0 Å². The van der Waals surface area contributed by atoms with Gasteiger partial charge in [-0.15, -0.1) is 0 Å². The molecule has 104 valence electrons. The number of pyridine rings is 1. The number of rotatable bonds is 3. The highest BCUT2D eigenvalue weighted by molar-refractivity contribution is 6.31. The van der Waals surface area contributed by atoms with Crippen molar-refractivity contribution in [2.75, 3.05) is 5.32 Å². The predicted octanol–water partition coefficient (Wildman–Crippen LogP) is 3.84. The van der Waals surface area contributed by atoms with Crippen LogP contribution in [0.15, 0.2) is 30.3 Å². The van der Waals surface area contributed by atoms with Gasteiger partial charge in [0.1, 0.15) is 0 Å². The minimum absolute atomic E-state index is 0.0880. The summed E-state index contributed by atoms with van der Waals surface area (Å²) in [4.78, 5) is 16.5. The van der Waals surface area contributed by atoms with Crippen molar-refractivity contribution in [3.8, 4) is 0 Å². The van der Waals surface area contributed by atoms with E-state index in [2.05, 4.69) is 10.3 Å². The lowest BCUT2D eigenvalue weighted by Gasteiger charge is -2.12. The van der Waals surface area contributed by atoms with Crippen molar-refractivity contribution in [1.29, 1.82) is 0 Å². The smallest absolute Gasteiger partial charge is 0.228 e. The summed E-state index contributed by atoms with van der Waals surface area (Å²) in [5.74, 6) is -0.0880. The molecular weight excluding hydrogens is 272 g/mol. The number of carbonyl (C=O) groups excluding carboxylic acids is 1. The largest absolute Gasteiger partial charge is 0.324 e. The number of halogens is 1. The molecule has 1 N–H and O–H groups in total. The van der Waals surface area contributed by atoms with Gasteiger partial charge in [-0.1, -0.05) is 29.8 Å². The molecule has 0 radical (unpaired) electrons. The van der Waals surface area contributed by atoms with E-state index in [4.69, 9.17) is 11.6 Å². The van der Waals surface area contributed by atoms with Crippen LogP contribution in [0.3, 0.4) is 0 Å². The molecule has 0 bridgehead atoms. The van der Waals surface area contributed by atoms with Crippen LogP contribution in [0, 0.1) is 20.8 Å². The lowest BCUT2D eigenvalue weighted by molar-refractivity contribution is -0.115. The van der Waals surface area contributed by atoms with Gasteiger partial charge in [0.2, 0.25) is 5.91 Å². The van der Waals surface area contributed by atoms with Crippen LogP contribution in [0.25, 0.3) is 0 Å². The normalized spacial score (nSPS) is 10.4. The van der Waals surface area contributed by atoms with Crippen molar-refractivity contribution in [2.24, 2.45) is 0 Å². The molecule has 0 fully saturated rings. The molecule has 0 saturated heterocycles. The van der Waals surface area contributed by atoms with Crippen LogP contribution in [0.2, 0.25) is 5.02 Å². The number of hydrogen-bond acceptors (Lipinski definition) is 2. The van der Waals surface area contributed by atoms with Gasteiger partial charge >= 0.3 is 0 Å². The minimum atomic E-state index is -0.0880. The number of amides is 1. The molecule has 1 aromatic heterocycles. The molecule has 1 amide bonds. The average molecular weight is 289 g/mol. The van der Waals surface area contributed by atoms with E-state index in [0.717, 1.165) is 28.2 Å². The second-order valence-corrected chi connectivity index (χ2v) is 5.26. The first kappa shape index (κ1) is 14.5. The Kier molecular flexibility index (Phi) is 4.40. The van der Waals surface area contributed by atoms with E-state index in [9.17, 15) is 4.79 Å². The van der Waals surface area contributed by atoms with E-state index >= 15 is 0 Å². The quantitative estimate of drug-likeness (QED) is 0.932. The molecule has 0 unspecified atom stereocenters. The molecule has 0 spiro atoms. The van der Waals surface area contributed by atoms with Gasteiger partial charge in [-0.05, 0) is 44.0 Å². The van der Waals surface area contributed by atoms with Gasteiger partial charge in [-0.3, -0.25) is 9.78 Å². The highest BCUT2D eigenvalue weighted by atomic mass is 35.5. The Morgan fingerprint density at radius 3 is 2.60 bits per heavy atom. The predicted molar refractivity (Wildman–Crippen MR) is 82.2 cm³/mol. The maximum absolute atomic E-state index is 12.1. The Morgan fingerprint density at radius 1 is 1.25 bits per heavy atom. The molecule has 2 rings (SSSR count). The zero-order chi connectivity index (χ0) is 14.7. The van der Waals surface area contributed by atoms with E-state index in [0.29, 0.717) is 5.02 Å². The first-order valence-electron chi connectivity index (χ1n) is 6.45. The van der Waals surface area contributed by atoms with Gasteiger partial charge in [0.25, 0.3) is 0 Å². The SMILES string of the molecule is Cc1cc(C)c(NC(=O)Cc2ccccc2Cl)c(C)n1. The number of nitrogens with one attached hydrogen (secondary N) is 1. The Bertz CT molecular complexity index is 630. The highest BCUT2D eigenvalue weighted by Gasteiger charge is 2.11. The van der Waals surface area contributed by atoms with Crippen LogP contribution >= 0.6 is 11.6 Å². The third-order valence-corrected chi connectivity index (χ3v) is 3.47. The molecule has 1 heterocycles. The molecule has 20 heavy (non-hydrogen) atoms. The Morgan fingerprint density at radius 2 is 1.95 bits per heavy atom. The van der Waals surface area contributed by atoms with Gasteiger partial charge in [0.15, 0.2) is 0 Å². The van der Waals surface area contributed by atoms with Crippen molar-refractivity contribution in [3.63, 3.8) is 0 Å². The van der Waals surface area contributed by atoms with Crippen molar-refractivity contribution >= 4 is 23.2 Å². The van der Waals surface area contributed by atoms with Crippen LogP contribution < -0.4 is 5.32 Å². The fourth-order valence-corrected chi connectivity index (χ4v) is 2.41. The van der Waals surface area contributed by atoms with E-state index in [1.54, 1.807) is 6.07 Å². The molecule has 0 aliphatic carbocycles.